The number of sulfonamides is 1. The van der Waals surface area contributed by atoms with Crippen molar-refractivity contribution in [2.24, 2.45) is 0 Å². The summed E-state index contributed by atoms with van der Waals surface area (Å²) < 4.78 is 27.6. The molecule has 4 rings (SSSR count). The Morgan fingerprint density at radius 3 is 2.61 bits per heavy atom. The molecule has 31 heavy (non-hydrogen) atoms. The molecular formula is C23H24N4O3S. The monoisotopic (exact) mass is 436 g/mol. The van der Waals surface area contributed by atoms with Crippen LogP contribution < -0.4 is 10.6 Å². The van der Waals surface area contributed by atoms with Crippen LogP contribution in [0.3, 0.4) is 0 Å². The predicted molar refractivity (Wildman–Crippen MR) is 122 cm³/mol. The zero-order chi connectivity index (χ0) is 21.8. The van der Waals surface area contributed by atoms with E-state index in [1.165, 1.54) is 10.4 Å². The van der Waals surface area contributed by atoms with E-state index in [4.69, 9.17) is 0 Å². The van der Waals surface area contributed by atoms with Gasteiger partial charge >= 0.3 is 0 Å². The molecule has 3 aromatic rings. The number of piperidine rings is 1. The van der Waals surface area contributed by atoms with Crippen molar-refractivity contribution >= 4 is 38.2 Å². The molecule has 1 atom stereocenters. The molecule has 1 amide bonds. The van der Waals surface area contributed by atoms with Gasteiger partial charge in [-0.3, -0.25) is 4.79 Å². The number of anilines is 2. The lowest BCUT2D eigenvalue weighted by Gasteiger charge is -2.32. The number of carbonyl (C=O) groups is 1. The van der Waals surface area contributed by atoms with Crippen LogP contribution in [-0.2, 0) is 14.8 Å². The first kappa shape index (κ1) is 21.0. The number of rotatable bonds is 6. The summed E-state index contributed by atoms with van der Waals surface area (Å²) >= 11 is 0. The molecule has 0 bridgehead atoms. The lowest BCUT2D eigenvalue weighted by molar-refractivity contribution is -0.117. The number of hydrogen-bond acceptors (Lipinski definition) is 5. The molecule has 1 fully saturated rings. The van der Waals surface area contributed by atoms with Gasteiger partial charge in [-0.15, -0.1) is 0 Å². The number of amides is 1. The van der Waals surface area contributed by atoms with E-state index in [1.807, 2.05) is 30.3 Å². The van der Waals surface area contributed by atoms with Gasteiger partial charge in [-0.1, -0.05) is 30.8 Å². The summed E-state index contributed by atoms with van der Waals surface area (Å²) in [6.45, 7) is 4.13. The third kappa shape index (κ3) is 4.76. The number of carbonyl (C=O) groups excluding carboxylic acids is 1. The van der Waals surface area contributed by atoms with Crippen molar-refractivity contribution in [3.05, 3.63) is 73.4 Å². The van der Waals surface area contributed by atoms with E-state index in [0.717, 1.165) is 22.9 Å². The van der Waals surface area contributed by atoms with Gasteiger partial charge in [0, 0.05) is 36.4 Å². The summed E-state index contributed by atoms with van der Waals surface area (Å²) in [5.41, 5.74) is 0.747. The Morgan fingerprint density at radius 1 is 1.13 bits per heavy atom. The second-order valence-electron chi connectivity index (χ2n) is 7.48. The Bertz CT molecular complexity index is 1210. The largest absolute Gasteiger partial charge is 0.349 e. The smallest absolute Gasteiger partial charge is 0.243 e. The van der Waals surface area contributed by atoms with Crippen LogP contribution in [0.25, 0.3) is 10.8 Å². The zero-order valence-electron chi connectivity index (χ0n) is 17.0. The van der Waals surface area contributed by atoms with Crippen molar-refractivity contribution in [3.8, 4) is 0 Å². The van der Waals surface area contributed by atoms with Crippen molar-refractivity contribution in [3.63, 3.8) is 0 Å². The van der Waals surface area contributed by atoms with Crippen LogP contribution in [-0.4, -0.2) is 42.7 Å². The molecule has 1 aliphatic heterocycles. The number of benzene rings is 2. The van der Waals surface area contributed by atoms with Gasteiger partial charge in [0.15, 0.2) is 0 Å². The van der Waals surface area contributed by atoms with Crippen LogP contribution in [0.1, 0.15) is 12.8 Å². The number of nitrogens with zero attached hydrogens (tertiary/aromatic N) is 2. The van der Waals surface area contributed by atoms with Gasteiger partial charge in [0.2, 0.25) is 15.9 Å². The summed E-state index contributed by atoms with van der Waals surface area (Å²) in [6, 6.07) is 16.3. The maximum atomic E-state index is 13.1. The van der Waals surface area contributed by atoms with Gasteiger partial charge in [0.05, 0.1) is 4.90 Å². The molecule has 1 saturated heterocycles. The third-order valence-electron chi connectivity index (χ3n) is 5.31. The topological polar surface area (TPSA) is 91.4 Å². The summed E-state index contributed by atoms with van der Waals surface area (Å²) in [5.74, 6) is 0.396. The van der Waals surface area contributed by atoms with Gasteiger partial charge in [-0.2, -0.15) is 4.31 Å². The van der Waals surface area contributed by atoms with Crippen molar-refractivity contribution in [1.82, 2.24) is 14.6 Å². The minimum absolute atomic E-state index is 0.214. The fourth-order valence-corrected chi connectivity index (χ4v) is 5.22. The van der Waals surface area contributed by atoms with Crippen LogP contribution in [0, 0.1) is 0 Å². The quantitative estimate of drug-likeness (QED) is 0.578. The minimum Gasteiger partial charge on any atom is -0.349 e. The molecule has 0 radical (unpaired) electrons. The standard InChI is InChI=1S/C23H24N4O3S/c1-2-23(28)26-20-8-5-13-27(16-20)31(29,30)21-11-9-19(10-12-21)25-22-14-17-6-3-4-7-18(17)15-24-22/h2-4,6-7,9-12,14-15,20H,1,5,8,13,16H2,(H,24,25)(H,26,28)/t20-/m0/s1. The molecule has 7 nitrogen and oxygen atoms in total. The van der Waals surface area contributed by atoms with Gasteiger partial charge in [-0.05, 0) is 54.6 Å². The van der Waals surface area contributed by atoms with E-state index < -0.39 is 10.0 Å². The first-order chi connectivity index (χ1) is 15.0. The molecule has 160 valence electrons. The number of fused-ring (bicyclic) bond motifs is 1. The average Bonchev–Trinajstić information content (AvgIpc) is 2.79. The summed E-state index contributed by atoms with van der Waals surface area (Å²) in [4.78, 5) is 16.2. The first-order valence-corrected chi connectivity index (χ1v) is 11.5. The fourth-order valence-electron chi connectivity index (χ4n) is 3.70. The number of pyridine rings is 1. The average molecular weight is 437 g/mol. The predicted octanol–water partition coefficient (Wildman–Crippen LogP) is 3.43. The fraction of sp³-hybridized carbons (Fsp3) is 0.217. The molecule has 0 unspecified atom stereocenters. The minimum atomic E-state index is -3.64. The van der Waals surface area contributed by atoms with E-state index in [9.17, 15) is 13.2 Å². The molecule has 8 heteroatoms. The summed E-state index contributed by atoms with van der Waals surface area (Å²) in [5, 5.41) is 8.13. The zero-order valence-corrected chi connectivity index (χ0v) is 17.8. The first-order valence-electron chi connectivity index (χ1n) is 10.1. The van der Waals surface area contributed by atoms with E-state index >= 15 is 0 Å². The normalized spacial score (nSPS) is 17.2. The second-order valence-corrected chi connectivity index (χ2v) is 9.42. The van der Waals surface area contributed by atoms with E-state index in [1.54, 1.807) is 30.5 Å². The van der Waals surface area contributed by atoms with Crippen LogP contribution >= 0.6 is 0 Å². The molecule has 0 aliphatic carbocycles. The van der Waals surface area contributed by atoms with Gasteiger partial charge in [0.25, 0.3) is 0 Å². The highest BCUT2D eigenvalue weighted by atomic mass is 32.2. The molecule has 2 heterocycles. The van der Waals surface area contributed by atoms with Crippen LogP contribution in [0.4, 0.5) is 11.5 Å². The van der Waals surface area contributed by atoms with Crippen LogP contribution in [0.15, 0.2) is 78.3 Å². The molecule has 1 aromatic heterocycles. The van der Waals surface area contributed by atoms with Gasteiger partial charge in [-0.25, -0.2) is 13.4 Å². The van der Waals surface area contributed by atoms with Crippen molar-refractivity contribution in [1.29, 1.82) is 0 Å². The van der Waals surface area contributed by atoms with Crippen molar-refractivity contribution < 1.29 is 13.2 Å². The maximum absolute atomic E-state index is 13.1. The van der Waals surface area contributed by atoms with E-state index in [2.05, 4.69) is 22.2 Å². The Balaban J connectivity index is 1.47. The SMILES string of the molecule is C=CC(=O)N[C@H]1CCCN(S(=O)(=O)c2ccc(Nc3cc4ccccc4cn3)cc2)C1. The van der Waals surface area contributed by atoms with Crippen molar-refractivity contribution in [2.75, 3.05) is 18.4 Å². The molecule has 2 N–H and O–H groups in total. The Morgan fingerprint density at radius 2 is 1.87 bits per heavy atom. The summed E-state index contributed by atoms with van der Waals surface area (Å²) in [6.07, 6.45) is 4.43. The highest BCUT2D eigenvalue weighted by Gasteiger charge is 2.30. The van der Waals surface area contributed by atoms with E-state index in [-0.39, 0.29) is 23.4 Å². The van der Waals surface area contributed by atoms with Crippen LogP contribution in [0.2, 0.25) is 0 Å². The number of nitrogens with one attached hydrogen (secondary N) is 2. The second kappa shape index (κ2) is 8.87. The van der Waals surface area contributed by atoms with Gasteiger partial charge < -0.3 is 10.6 Å². The molecule has 0 spiro atoms. The van der Waals surface area contributed by atoms with Crippen molar-refractivity contribution in [2.45, 2.75) is 23.8 Å². The molecular weight excluding hydrogens is 412 g/mol. The molecule has 2 aromatic carbocycles. The Kier molecular flexibility index (Phi) is 6.01. The highest BCUT2D eigenvalue weighted by Crippen LogP contribution is 2.24. The lowest BCUT2D eigenvalue weighted by atomic mass is 10.1. The number of hydrogen-bond donors (Lipinski definition) is 2. The Hall–Kier alpha value is -3.23. The van der Waals surface area contributed by atoms with E-state index in [0.29, 0.717) is 18.8 Å². The molecule has 0 saturated carbocycles. The lowest BCUT2D eigenvalue weighted by Crippen LogP contribution is -2.49. The van der Waals surface area contributed by atoms with Crippen LogP contribution in [0.5, 0.6) is 0 Å². The highest BCUT2D eigenvalue weighted by molar-refractivity contribution is 7.89. The third-order valence-corrected chi connectivity index (χ3v) is 7.19. The summed E-state index contributed by atoms with van der Waals surface area (Å²) in [7, 11) is -3.64. The van der Waals surface area contributed by atoms with Gasteiger partial charge in [0.1, 0.15) is 5.82 Å². The molecule has 1 aliphatic rings. The Labute approximate surface area is 181 Å². The maximum Gasteiger partial charge on any atom is 0.243 e. The number of aromatic nitrogens is 1.